The zero-order chi connectivity index (χ0) is 13.1. The Morgan fingerprint density at radius 1 is 1.17 bits per heavy atom. The summed E-state index contributed by atoms with van der Waals surface area (Å²) in [7, 11) is 1.75. The molecule has 94 valence electrons. The molecule has 0 saturated carbocycles. The molecular weight excluding hydrogens is 430 g/mol. The summed E-state index contributed by atoms with van der Waals surface area (Å²) in [6, 6.07) is 5.65. The Morgan fingerprint density at radius 2 is 1.94 bits per heavy atom. The van der Waals surface area contributed by atoms with E-state index in [9.17, 15) is 0 Å². The number of rotatable bonds is 3. The lowest BCUT2D eigenvalue weighted by Crippen LogP contribution is -1.98. The Bertz CT molecular complexity index is 577. The van der Waals surface area contributed by atoms with Crippen molar-refractivity contribution in [3.8, 4) is 11.6 Å². The van der Waals surface area contributed by atoms with Crippen molar-refractivity contribution in [2.45, 2.75) is 0 Å². The summed E-state index contributed by atoms with van der Waals surface area (Å²) in [5.74, 6) is 1.64. The number of anilines is 1. The van der Waals surface area contributed by atoms with Gasteiger partial charge in [-0.25, -0.2) is 4.98 Å². The van der Waals surface area contributed by atoms with E-state index in [0.717, 1.165) is 8.95 Å². The summed E-state index contributed by atoms with van der Waals surface area (Å²) < 4.78 is 8.24. The van der Waals surface area contributed by atoms with E-state index >= 15 is 0 Å². The Balaban J connectivity index is 2.33. The predicted molar refractivity (Wildman–Crippen MR) is 81.2 cm³/mol. The Morgan fingerprint density at radius 3 is 2.61 bits per heavy atom. The van der Waals surface area contributed by atoms with Crippen LogP contribution in [0.15, 0.2) is 37.8 Å². The van der Waals surface area contributed by atoms with Crippen LogP contribution < -0.4 is 10.1 Å². The summed E-state index contributed by atoms with van der Waals surface area (Å²) in [4.78, 5) is 8.29. The molecule has 1 aromatic carbocycles. The van der Waals surface area contributed by atoms with Crippen LogP contribution in [0.1, 0.15) is 0 Å². The van der Waals surface area contributed by atoms with Crippen molar-refractivity contribution in [2.24, 2.45) is 0 Å². The number of halogens is 3. The smallest absolute Gasteiger partial charge is 0.238 e. The maximum absolute atomic E-state index is 5.73. The van der Waals surface area contributed by atoms with Crippen LogP contribution in [0.2, 0.25) is 0 Å². The lowest BCUT2D eigenvalue weighted by molar-refractivity contribution is 0.456. The third kappa shape index (κ3) is 3.21. The number of benzene rings is 1. The second-order valence-corrected chi connectivity index (χ2v) is 5.90. The lowest BCUT2D eigenvalue weighted by atomic mass is 10.3. The highest BCUT2D eigenvalue weighted by molar-refractivity contribution is 9.11. The van der Waals surface area contributed by atoms with E-state index < -0.39 is 0 Å². The molecule has 2 aromatic rings. The first-order valence-electron chi connectivity index (χ1n) is 4.93. The van der Waals surface area contributed by atoms with Gasteiger partial charge in [-0.2, -0.15) is 4.98 Å². The molecule has 0 aliphatic carbocycles. The van der Waals surface area contributed by atoms with Gasteiger partial charge in [0.05, 0.1) is 15.1 Å². The molecule has 1 N–H and O–H groups in total. The zero-order valence-electron chi connectivity index (χ0n) is 9.25. The molecule has 1 aromatic heterocycles. The SMILES string of the molecule is CNc1ncc(Br)c(Oc2ccc(Br)cc2Br)n1. The standard InChI is InChI=1S/C11H8Br3N3O/c1-15-11-16-5-8(14)10(17-11)18-9-3-2-6(12)4-7(9)13/h2-5H,1H3,(H,15,16,17). The first kappa shape index (κ1) is 13.8. The first-order valence-corrected chi connectivity index (χ1v) is 7.31. The molecule has 0 aliphatic rings. The quantitative estimate of drug-likeness (QED) is 0.762. The number of hydrogen-bond donors (Lipinski definition) is 1. The highest BCUT2D eigenvalue weighted by Crippen LogP contribution is 2.34. The van der Waals surface area contributed by atoms with Crippen molar-refractivity contribution in [3.05, 3.63) is 37.8 Å². The molecule has 1 heterocycles. The maximum atomic E-state index is 5.73. The van der Waals surface area contributed by atoms with Crippen LogP contribution in [0.4, 0.5) is 5.95 Å². The molecule has 0 radical (unpaired) electrons. The lowest BCUT2D eigenvalue weighted by Gasteiger charge is -2.09. The fourth-order valence-corrected chi connectivity index (χ4v) is 2.61. The molecule has 0 saturated heterocycles. The number of nitrogens with one attached hydrogen (secondary N) is 1. The van der Waals surface area contributed by atoms with E-state index in [-0.39, 0.29) is 0 Å². The summed E-state index contributed by atoms with van der Waals surface area (Å²) >= 11 is 10.2. The van der Waals surface area contributed by atoms with Gasteiger partial charge in [0, 0.05) is 11.5 Å². The van der Waals surface area contributed by atoms with Crippen LogP contribution in [-0.4, -0.2) is 17.0 Å². The largest absolute Gasteiger partial charge is 0.437 e. The fraction of sp³-hybridized carbons (Fsp3) is 0.0909. The zero-order valence-corrected chi connectivity index (χ0v) is 14.0. The number of ether oxygens (including phenoxy) is 1. The average Bonchev–Trinajstić information content (AvgIpc) is 2.35. The van der Waals surface area contributed by atoms with Crippen LogP contribution in [0.5, 0.6) is 11.6 Å². The van der Waals surface area contributed by atoms with Crippen LogP contribution in [0, 0.1) is 0 Å². The second kappa shape index (κ2) is 5.99. The monoisotopic (exact) mass is 435 g/mol. The second-order valence-electron chi connectivity index (χ2n) is 3.27. The first-order chi connectivity index (χ1) is 8.60. The van der Waals surface area contributed by atoms with Gasteiger partial charge in [0.2, 0.25) is 11.8 Å². The molecule has 0 fully saturated rings. The minimum Gasteiger partial charge on any atom is -0.437 e. The van der Waals surface area contributed by atoms with Crippen LogP contribution >= 0.6 is 47.8 Å². The van der Waals surface area contributed by atoms with E-state index in [4.69, 9.17) is 4.74 Å². The van der Waals surface area contributed by atoms with E-state index in [0.29, 0.717) is 22.1 Å². The normalized spacial score (nSPS) is 10.2. The Labute approximate surface area is 130 Å². The summed E-state index contributed by atoms with van der Waals surface area (Å²) in [5.41, 5.74) is 0. The Kier molecular flexibility index (Phi) is 4.58. The van der Waals surface area contributed by atoms with Gasteiger partial charge in [0.1, 0.15) is 5.75 Å². The van der Waals surface area contributed by atoms with Crippen molar-refractivity contribution in [2.75, 3.05) is 12.4 Å². The topological polar surface area (TPSA) is 47.0 Å². The summed E-state index contributed by atoms with van der Waals surface area (Å²) in [6.07, 6.45) is 1.64. The maximum Gasteiger partial charge on any atom is 0.238 e. The van der Waals surface area contributed by atoms with Gasteiger partial charge in [-0.15, -0.1) is 0 Å². The van der Waals surface area contributed by atoms with Crippen molar-refractivity contribution >= 4 is 53.7 Å². The van der Waals surface area contributed by atoms with Crippen molar-refractivity contribution in [1.82, 2.24) is 9.97 Å². The van der Waals surface area contributed by atoms with E-state index in [1.165, 1.54) is 0 Å². The van der Waals surface area contributed by atoms with Gasteiger partial charge in [-0.3, -0.25) is 0 Å². The van der Waals surface area contributed by atoms with E-state index in [1.807, 2.05) is 18.2 Å². The van der Waals surface area contributed by atoms with Crippen LogP contribution in [0.25, 0.3) is 0 Å². The molecule has 0 aliphatic heterocycles. The van der Waals surface area contributed by atoms with Crippen molar-refractivity contribution < 1.29 is 4.74 Å². The number of aromatic nitrogens is 2. The summed E-state index contributed by atoms with van der Waals surface area (Å²) in [6.45, 7) is 0. The van der Waals surface area contributed by atoms with Crippen LogP contribution in [-0.2, 0) is 0 Å². The molecule has 4 nitrogen and oxygen atoms in total. The highest BCUT2D eigenvalue weighted by Gasteiger charge is 2.09. The Hall–Kier alpha value is -0.660. The van der Waals surface area contributed by atoms with Gasteiger partial charge >= 0.3 is 0 Å². The number of hydrogen-bond acceptors (Lipinski definition) is 4. The fourth-order valence-electron chi connectivity index (χ4n) is 1.21. The minimum atomic E-state index is 0.456. The van der Waals surface area contributed by atoms with Gasteiger partial charge in [0.25, 0.3) is 0 Å². The van der Waals surface area contributed by atoms with Gasteiger partial charge in [0.15, 0.2) is 0 Å². The molecule has 0 atom stereocenters. The average molecular weight is 438 g/mol. The van der Waals surface area contributed by atoms with Crippen molar-refractivity contribution in [3.63, 3.8) is 0 Å². The third-order valence-electron chi connectivity index (χ3n) is 2.04. The number of nitrogens with zero attached hydrogens (tertiary/aromatic N) is 2. The van der Waals surface area contributed by atoms with Crippen molar-refractivity contribution in [1.29, 1.82) is 0 Å². The molecule has 0 amide bonds. The molecule has 7 heteroatoms. The predicted octanol–water partition coefficient (Wildman–Crippen LogP) is 4.60. The molecular formula is C11H8Br3N3O. The van der Waals surface area contributed by atoms with Gasteiger partial charge < -0.3 is 10.1 Å². The summed E-state index contributed by atoms with van der Waals surface area (Å²) in [5, 5.41) is 2.86. The highest BCUT2D eigenvalue weighted by atomic mass is 79.9. The van der Waals surface area contributed by atoms with E-state index in [1.54, 1.807) is 13.2 Å². The molecule has 18 heavy (non-hydrogen) atoms. The molecule has 2 rings (SSSR count). The van der Waals surface area contributed by atoms with E-state index in [2.05, 4.69) is 63.1 Å². The molecule has 0 spiro atoms. The van der Waals surface area contributed by atoms with Gasteiger partial charge in [-0.05, 0) is 50.1 Å². The minimum absolute atomic E-state index is 0.456. The third-order valence-corrected chi connectivity index (χ3v) is 3.69. The molecule has 0 unspecified atom stereocenters. The van der Waals surface area contributed by atoms with Gasteiger partial charge in [-0.1, -0.05) is 15.9 Å². The van der Waals surface area contributed by atoms with Crippen LogP contribution in [0.3, 0.4) is 0 Å². The molecule has 0 bridgehead atoms.